The first kappa shape index (κ1) is 18.4. The average Bonchev–Trinajstić information content (AvgIpc) is 2.55. The molecule has 2 rings (SSSR count). The van der Waals surface area contributed by atoms with E-state index >= 15 is 0 Å². The molecule has 0 aromatic heterocycles. The number of morpholine rings is 1. The van der Waals surface area contributed by atoms with Crippen LogP contribution in [0.15, 0.2) is 23.1 Å². The van der Waals surface area contributed by atoms with E-state index in [1.165, 1.54) is 10.4 Å². The lowest BCUT2D eigenvalue weighted by Crippen LogP contribution is -2.40. The molecule has 1 fully saturated rings. The van der Waals surface area contributed by atoms with Crippen LogP contribution in [0.2, 0.25) is 5.02 Å². The zero-order chi connectivity index (χ0) is 16.9. The molecule has 128 valence electrons. The number of ether oxygens (including phenoxy) is 1. The highest BCUT2D eigenvalue weighted by Gasteiger charge is 2.28. The van der Waals surface area contributed by atoms with Gasteiger partial charge in [0.25, 0.3) is 0 Å². The Morgan fingerprint density at radius 2 is 2.09 bits per heavy atom. The summed E-state index contributed by atoms with van der Waals surface area (Å²) in [5, 5.41) is 6.64. The molecule has 0 bridgehead atoms. The molecular formula is C14H20ClN3O3S2. The van der Waals surface area contributed by atoms with E-state index in [1.54, 1.807) is 12.1 Å². The molecule has 23 heavy (non-hydrogen) atoms. The molecule has 1 aliphatic heterocycles. The molecule has 0 spiro atoms. The summed E-state index contributed by atoms with van der Waals surface area (Å²) in [6.07, 6.45) is 0.944. The fraction of sp³-hybridized carbons (Fsp3) is 0.500. The predicted octanol–water partition coefficient (Wildman–Crippen LogP) is 2.06. The van der Waals surface area contributed by atoms with Crippen molar-refractivity contribution in [2.24, 2.45) is 0 Å². The minimum Gasteiger partial charge on any atom is -0.379 e. The second-order valence-corrected chi connectivity index (χ2v) is 7.76. The number of nitrogens with zero attached hydrogens (tertiary/aromatic N) is 1. The zero-order valence-corrected chi connectivity index (χ0v) is 15.2. The Kier molecular flexibility index (Phi) is 6.60. The molecule has 6 nitrogen and oxygen atoms in total. The van der Waals surface area contributed by atoms with Gasteiger partial charge < -0.3 is 15.4 Å². The highest BCUT2D eigenvalue weighted by molar-refractivity contribution is 7.89. The fourth-order valence-corrected chi connectivity index (χ4v) is 4.25. The van der Waals surface area contributed by atoms with Gasteiger partial charge in [0.05, 0.1) is 18.2 Å². The monoisotopic (exact) mass is 377 g/mol. The van der Waals surface area contributed by atoms with Crippen LogP contribution in [0.1, 0.15) is 13.3 Å². The van der Waals surface area contributed by atoms with E-state index in [9.17, 15) is 8.42 Å². The minimum atomic E-state index is -3.65. The molecule has 0 radical (unpaired) electrons. The van der Waals surface area contributed by atoms with Gasteiger partial charge in [-0.05, 0) is 36.8 Å². The molecular weight excluding hydrogens is 358 g/mol. The van der Waals surface area contributed by atoms with Gasteiger partial charge in [-0.1, -0.05) is 18.5 Å². The van der Waals surface area contributed by atoms with E-state index in [4.69, 9.17) is 28.6 Å². The molecule has 1 saturated heterocycles. The molecule has 1 heterocycles. The molecule has 0 unspecified atom stereocenters. The number of hydrogen-bond donors (Lipinski definition) is 2. The second-order valence-electron chi connectivity index (χ2n) is 5.04. The third-order valence-electron chi connectivity index (χ3n) is 3.31. The normalized spacial score (nSPS) is 16.1. The van der Waals surface area contributed by atoms with Crippen molar-refractivity contribution in [3.05, 3.63) is 23.2 Å². The lowest BCUT2D eigenvalue weighted by molar-refractivity contribution is 0.0730. The van der Waals surface area contributed by atoms with Crippen LogP contribution >= 0.6 is 23.8 Å². The van der Waals surface area contributed by atoms with Gasteiger partial charge in [0, 0.05) is 25.3 Å². The zero-order valence-electron chi connectivity index (χ0n) is 12.8. The maximum absolute atomic E-state index is 12.7. The van der Waals surface area contributed by atoms with E-state index in [0.29, 0.717) is 37.1 Å². The number of sulfonamides is 1. The van der Waals surface area contributed by atoms with Crippen molar-refractivity contribution in [1.29, 1.82) is 0 Å². The van der Waals surface area contributed by atoms with E-state index in [-0.39, 0.29) is 9.92 Å². The summed E-state index contributed by atoms with van der Waals surface area (Å²) >= 11 is 11.3. The Hall–Kier alpha value is -0.930. The van der Waals surface area contributed by atoms with Crippen molar-refractivity contribution < 1.29 is 13.2 Å². The molecule has 1 aromatic carbocycles. The van der Waals surface area contributed by atoms with Crippen LogP contribution in [0, 0.1) is 0 Å². The largest absolute Gasteiger partial charge is 0.379 e. The maximum Gasteiger partial charge on any atom is 0.244 e. The number of anilines is 1. The first-order valence-electron chi connectivity index (χ1n) is 7.37. The number of halogens is 1. The Morgan fingerprint density at radius 1 is 1.39 bits per heavy atom. The highest BCUT2D eigenvalue weighted by Crippen LogP contribution is 2.28. The van der Waals surface area contributed by atoms with Crippen LogP contribution in [0.25, 0.3) is 0 Å². The summed E-state index contributed by atoms with van der Waals surface area (Å²) in [6, 6.07) is 4.76. The molecule has 9 heteroatoms. The Balaban J connectivity index is 2.21. The topological polar surface area (TPSA) is 70.7 Å². The smallest absolute Gasteiger partial charge is 0.244 e. The van der Waals surface area contributed by atoms with E-state index < -0.39 is 10.0 Å². The molecule has 0 amide bonds. The molecule has 0 saturated carbocycles. The number of hydrogen-bond acceptors (Lipinski definition) is 4. The van der Waals surface area contributed by atoms with Crippen LogP contribution in [-0.2, 0) is 14.8 Å². The van der Waals surface area contributed by atoms with Gasteiger partial charge in [-0.25, -0.2) is 8.42 Å². The summed E-state index contributed by atoms with van der Waals surface area (Å²) in [5.74, 6) is 0. The molecule has 0 atom stereocenters. The third-order valence-corrected chi connectivity index (χ3v) is 5.94. The van der Waals surface area contributed by atoms with E-state index in [2.05, 4.69) is 10.6 Å². The summed E-state index contributed by atoms with van der Waals surface area (Å²) < 4.78 is 32.0. The standard InChI is InChI=1S/C14H20ClN3O3S2/c1-2-5-16-14(22)17-11-3-4-12(15)13(10-11)23(19,20)18-6-8-21-9-7-18/h3-4,10H,2,5-9H2,1H3,(H2,16,17,22). The Morgan fingerprint density at radius 3 is 2.74 bits per heavy atom. The average molecular weight is 378 g/mol. The van der Waals surface area contributed by atoms with Crippen LogP contribution < -0.4 is 10.6 Å². The quantitative estimate of drug-likeness (QED) is 0.765. The predicted molar refractivity (Wildman–Crippen MR) is 95.5 cm³/mol. The lowest BCUT2D eigenvalue weighted by Gasteiger charge is -2.26. The summed E-state index contributed by atoms with van der Waals surface area (Å²) in [6.45, 7) is 4.21. The highest BCUT2D eigenvalue weighted by atomic mass is 35.5. The van der Waals surface area contributed by atoms with Gasteiger partial charge in [-0.15, -0.1) is 0 Å². The number of thiocarbonyl (C=S) groups is 1. The SMILES string of the molecule is CCCNC(=S)Nc1ccc(Cl)c(S(=O)(=O)N2CCOCC2)c1. The van der Waals surface area contributed by atoms with Gasteiger partial charge >= 0.3 is 0 Å². The van der Waals surface area contributed by atoms with Crippen molar-refractivity contribution in [1.82, 2.24) is 9.62 Å². The van der Waals surface area contributed by atoms with Gasteiger partial charge in [0.15, 0.2) is 5.11 Å². The van der Waals surface area contributed by atoms with E-state index in [0.717, 1.165) is 13.0 Å². The van der Waals surface area contributed by atoms with Crippen molar-refractivity contribution in [2.45, 2.75) is 18.2 Å². The second kappa shape index (κ2) is 8.25. The first-order chi connectivity index (χ1) is 10.9. The summed E-state index contributed by atoms with van der Waals surface area (Å²) in [7, 11) is -3.65. The van der Waals surface area contributed by atoms with E-state index in [1.807, 2.05) is 6.92 Å². The summed E-state index contributed by atoms with van der Waals surface area (Å²) in [5.41, 5.74) is 0.579. The van der Waals surface area contributed by atoms with Crippen LogP contribution in [-0.4, -0.2) is 50.7 Å². The number of nitrogens with one attached hydrogen (secondary N) is 2. The third kappa shape index (κ3) is 4.77. The number of benzene rings is 1. The maximum atomic E-state index is 12.7. The molecule has 1 aliphatic rings. The Bertz CT molecular complexity index is 661. The van der Waals surface area contributed by atoms with Gasteiger partial charge in [-0.3, -0.25) is 0 Å². The van der Waals surface area contributed by atoms with Crippen molar-refractivity contribution >= 4 is 44.6 Å². The van der Waals surface area contributed by atoms with Crippen LogP contribution in [0.3, 0.4) is 0 Å². The van der Waals surface area contributed by atoms with Crippen molar-refractivity contribution in [2.75, 3.05) is 38.2 Å². The van der Waals surface area contributed by atoms with Gasteiger partial charge in [-0.2, -0.15) is 4.31 Å². The molecule has 2 N–H and O–H groups in total. The summed E-state index contributed by atoms with van der Waals surface area (Å²) in [4.78, 5) is 0.0735. The minimum absolute atomic E-state index is 0.0735. The van der Waals surface area contributed by atoms with Gasteiger partial charge in [0.2, 0.25) is 10.0 Å². The number of rotatable bonds is 5. The van der Waals surface area contributed by atoms with Crippen LogP contribution in [0.4, 0.5) is 5.69 Å². The van der Waals surface area contributed by atoms with Gasteiger partial charge in [0.1, 0.15) is 4.90 Å². The molecule has 1 aromatic rings. The Labute approximate surface area is 147 Å². The van der Waals surface area contributed by atoms with Crippen LogP contribution in [0.5, 0.6) is 0 Å². The van der Waals surface area contributed by atoms with Crippen molar-refractivity contribution in [3.8, 4) is 0 Å². The lowest BCUT2D eigenvalue weighted by atomic mass is 10.3. The van der Waals surface area contributed by atoms with Crippen molar-refractivity contribution in [3.63, 3.8) is 0 Å². The fourth-order valence-electron chi connectivity index (χ4n) is 2.12. The molecule has 0 aliphatic carbocycles. The first-order valence-corrected chi connectivity index (χ1v) is 9.60.